The zero-order valence-electron chi connectivity index (χ0n) is 11.5. The monoisotopic (exact) mass is 271 g/mol. The highest BCUT2D eigenvalue weighted by molar-refractivity contribution is 7.12. The molecule has 2 aromatic rings. The summed E-state index contributed by atoms with van der Waals surface area (Å²) in [6.07, 6.45) is 6.54. The summed E-state index contributed by atoms with van der Waals surface area (Å²) in [5.74, 6) is 0. The van der Waals surface area contributed by atoms with Crippen molar-refractivity contribution in [2.45, 2.75) is 45.1 Å². The standard InChI is InChI=1S/C17H21NS/c1-12-6-5-8-14(10-12)17(18)16-11-13-7-3-2-4-9-15(13)19-16/h5-6,8,10-11,17H,2-4,7,9,18H2,1H3. The normalized spacial score (nSPS) is 16.7. The van der Waals surface area contributed by atoms with Crippen LogP contribution in [0, 0.1) is 6.92 Å². The summed E-state index contributed by atoms with van der Waals surface area (Å²) in [6.45, 7) is 2.12. The summed E-state index contributed by atoms with van der Waals surface area (Å²) in [5.41, 5.74) is 10.5. The predicted octanol–water partition coefficient (Wildman–Crippen LogP) is 4.37. The van der Waals surface area contributed by atoms with Gasteiger partial charge in [0, 0.05) is 9.75 Å². The Morgan fingerprint density at radius 2 is 1.95 bits per heavy atom. The molecule has 2 N–H and O–H groups in total. The first-order valence-electron chi connectivity index (χ1n) is 7.17. The number of benzene rings is 1. The third-order valence-electron chi connectivity index (χ3n) is 3.97. The molecule has 100 valence electrons. The number of hydrogen-bond donors (Lipinski definition) is 1. The fourth-order valence-electron chi connectivity index (χ4n) is 2.87. The maximum Gasteiger partial charge on any atom is 0.0646 e. The van der Waals surface area contributed by atoms with Gasteiger partial charge in [-0.25, -0.2) is 0 Å². The molecule has 1 heterocycles. The molecular weight excluding hydrogens is 250 g/mol. The molecule has 0 spiro atoms. The summed E-state index contributed by atoms with van der Waals surface area (Å²) in [7, 11) is 0. The van der Waals surface area contributed by atoms with E-state index < -0.39 is 0 Å². The molecule has 1 aliphatic rings. The second-order valence-electron chi connectivity index (χ2n) is 5.55. The fourth-order valence-corrected chi connectivity index (χ4v) is 4.16. The zero-order valence-corrected chi connectivity index (χ0v) is 12.3. The van der Waals surface area contributed by atoms with Crippen LogP contribution in [0.2, 0.25) is 0 Å². The Labute approximate surface area is 119 Å². The van der Waals surface area contributed by atoms with Gasteiger partial charge in [0.05, 0.1) is 6.04 Å². The molecule has 0 saturated carbocycles. The van der Waals surface area contributed by atoms with Gasteiger partial charge in [-0.1, -0.05) is 36.2 Å². The third-order valence-corrected chi connectivity index (χ3v) is 5.29. The highest BCUT2D eigenvalue weighted by Gasteiger charge is 2.17. The van der Waals surface area contributed by atoms with Crippen molar-refractivity contribution < 1.29 is 0 Å². The van der Waals surface area contributed by atoms with Crippen LogP contribution in [-0.2, 0) is 12.8 Å². The predicted molar refractivity (Wildman–Crippen MR) is 82.8 cm³/mol. The van der Waals surface area contributed by atoms with Gasteiger partial charge in [0.1, 0.15) is 0 Å². The van der Waals surface area contributed by atoms with Gasteiger partial charge in [-0.2, -0.15) is 0 Å². The SMILES string of the molecule is Cc1cccc(C(N)c2cc3c(s2)CCCCC3)c1. The number of aryl methyl sites for hydroxylation is 3. The summed E-state index contributed by atoms with van der Waals surface area (Å²) in [6, 6.07) is 11.0. The maximum absolute atomic E-state index is 6.45. The number of nitrogens with two attached hydrogens (primary N) is 1. The third kappa shape index (κ3) is 2.75. The highest BCUT2D eigenvalue weighted by atomic mass is 32.1. The van der Waals surface area contributed by atoms with Gasteiger partial charge in [-0.05, 0) is 49.8 Å². The van der Waals surface area contributed by atoms with E-state index in [1.54, 1.807) is 10.4 Å². The van der Waals surface area contributed by atoms with Crippen LogP contribution in [0.5, 0.6) is 0 Å². The van der Waals surface area contributed by atoms with Crippen molar-refractivity contribution in [2.75, 3.05) is 0 Å². The summed E-state index contributed by atoms with van der Waals surface area (Å²) < 4.78 is 0. The van der Waals surface area contributed by atoms with Crippen molar-refractivity contribution in [1.29, 1.82) is 0 Å². The molecule has 1 aromatic carbocycles. The Bertz CT molecular complexity index is 547. The topological polar surface area (TPSA) is 26.0 Å². The average molecular weight is 271 g/mol. The van der Waals surface area contributed by atoms with E-state index in [-0.39, 0.29) is 6.04 Å². The van der Waals surface area contributed by atoms with E-state index in [0.29, 0.717) is 0 Å². The lowest BCUT2D eigenvalue weighted by Crippen LogP contribution is -2.10. The van der Waals surface area contributed by atoms with Crippen LogP contribution in [0.15, 0.2) is 30.3 Å². The number of rotatable bonds is 2. The molecule has 1 aliphatic carbocycles. The Balaban J connectivity index is 1.90. The van der Waals surface area contributed by atoms with E-state index in [2.05, 4.69) is 37.3 Å². The molecule has 0 radical (unpaired) electrons. The second-order valence-corrected chi connectivity index (χ2v) is 6.72. The smallest absolute Gasteiger partial charge is 0.0646 e. The van der Waals surface area contributed by atoms with E-state index in [9.17, 15) is 0 Å². The minimum absolute atomic E-state index is 0.0387. The van der Waals surface area contributed by atoms with Crippen molar-refractivity contribution in [3.05, 3.63) is 56.8 Å². The molecule has 0 aliphatic heterocycles. The lowest BCUT2D eigenvalue weighted by atomic mass is 10.0. The summed E-state index contributed by atoms with van der Waals surface area (Å²) in [5, 5.41) is 0. The van der Waals surface area contributed by atoms with Crippen molar-refractivity contribution >= 4 is 11.3 Å². The van der Waals surface area contributed by atoms with Gasteiger partial charge in [-0.15, -0.1) is 11.3 Å². The van der Waals surface area contributed by atoms with Crippen molar-refractivity contribution in [2.24, 2.45) is 5.73 Å². The van der Waals surface area contributed by atoms with Gasteiger partial charge >= 0.3 is 0 Å². The molecule has 2 heteroatoms. The van der Waals surface area contributed by atoms with E-state index >= 15 is 0 Å². The van der Waals surface area contributed by atoms with E-state index in [0.717, 1.165) is 0 Å². The van der Waals surface area contributed by atoms with Crippen LogP contribution in [0.3, 0.4) is 0 Å². The van der Waals surface area contributed by atoms with Crippen molar-refractivity contribution in [1.82, 2.24) is 0 Å². The van der Waals surface area contributed by atoms with Gasteiger partial charge in [-0.3, -0.25) is 0 Å². The van der Waals surface area contributed by atoms with E-state index in [1.165, 1.54) is 48.1 Å². The van der Waals surface area contributed by atoms with Crippen LogP contribution in [0.25, 0.3) is 0 Å². The lowest BCUT2D eigenvalue weighted by Gasteiger charge is -2.10. The minimum Gasteiger partial charge on any atom is -0.320 e. The van der Waals surface area contributed by atoms with Crippen LogP contribution in [-0.4, -0.2) is 0 Å². The molecule has 1 atom stereocenters. The zero-order chi connectivity index (χ0) is 13.2. The fraction of sp³-hybridized carbons (Fsp3) is 0.412. The highest BCUT2D eigenvalue weighted by Crippen LogP contribution is 2.33. The van der Waals surface area contributed by atoms with Gasteiger partial charge in [0.2, 0.25) is 0 Å². The molecule has 19 heavy (non-hydrogen) atoms. The minimum atomic E-state index is 0.0387. The molecule has 0 bridgehead atoms. The van der Waals surface area contributed by atoms with Crippen molar-refractivity contribution in [3.63, 3.8) is 0 Å². The molecule has 1 nitrogen and oxygen atoms in total. The average Bonchev–Trinajstić information content (AvgIpc) is 2.69. The van der Waals surface area contributed by atoms with Gasteiger partial charge < -0.3 is 5.73 Å². The quantitative estimate of drug-likeness (QED) is 0.806. The van der Waals surface area contributed by atoms with E-state index in [1.807, 2.05) is 11.3 Å². The van der Waals surface area contributed by atoms with E-state index in [4.69, 9.17) is 5.73 Å². The Morgan fingerprint density at radius 1 is 1.11 bits per heavy atom. The van der Waals surface area contributed by atoms with Gasteiger partial charge in [0.25, 0.3) is 0 Å². The van der Waals surface area contributed by atoms with Gasteiger partial charge in [0.15, 0.2) is 0 Å². The Kier molecular flexibility index (Phi) is 3.72. The first kappa shape index (κ1) is 12.9. The number of fused-ring (bicyclic) bond motifs is 1. The first-order chi connectivity index (χ1) is 9.24. The summed E-state index contributed by atoms with van der Waals surface area (Å²) in [4.78, 5) is 2.91. The molecule has 0 amide bonds. The van der Waals surface area contributed by atoms with Crippen LogP contribution in [0.1, 0.15) is 51.7 Å². The Hall–Kier alpha value is -1.12. The summed E-state index contributed by atoms with van der Waals surface area (Å²) >= 11 is 1.93. The molecular formula is C17H21NS. The lowest BCUT2D eigenvalue weighted by molar-refractivity contribution is 0.712. The first-order valence-corrected chi connectivity index (χ1v) is 7.99. The van der Waals surface area contributed by atoms with Crippen LogP contribution in [0.4, 0.5) is 0 Å². The number of thiophene rings is 1. The molecule has 0 saturated heterocycles. The molecule has 1 aromatic heterocycles. The molecule has 0 fully saturated rings. The molecule has 1 unspecified atom stereocenters. The maximum atomic E-state index is 6.45. The Morgan fingerprint density at radius 3 is 2.79 bits per heavy atom. The largest absolute Gasteiger partial charge is 0.320 e. The number of hydrogen-bond acceptors (Lipinski definition) is 2. The van der Waals surface area contributed by atoms with Crippen molar-refractivity contribution in [3.8, 4) is 0 Å². The second kappa shape index (κ2) is 5.48. The van der Waals surface area contributed by atoms with Crippen LogP contribution < -0.4 is 5.73 Å². The van der Waals surface area contributed by atoms with Crippen LogP contribution >= 0.6 is 11.3 Å². The molecule has 3 rings (SSSR count).